The number of aromatic nitrogens is 1. The molecule has 0 unspecified atom stereocenters. The minimum atomic E-state index is 0.0615. The Morgan fingerprint density at radius 3 is 2.47 bits per heavy atom. The summed E-state index contributed by atoms with van der Waals surface area (Å²) >= 11 is 0. The summed E-state index contributed by atoms with van der Waals surface area (Å²) in [6.45, 7) is 13.6. The predicted molar refractivity (Wildman–Crippen MR) is 63.9 cm³/mol. The first-order valence-corrected chi connectivity index (χ1v) is 4.89. The van der Waals surface area contributed by atoms with Gasteiger partial charge in [-0.05, 0) is 23.1 Å². The van der Waals surface area contributed by atoms with Crippen LogP contribution in [0.1, 0.15) is 32.0 Å². The summed E-state index contributed by atoms with van der Waals surface area (Å²) in [5.74, 6) is 0.701. The van der Waals surface area contributed by atoms with Gasteiger partial charge in [-0.3, -0.25) is 4.98 Å². The smallest absolute Gasteiger partial charge is 0.152 e. The summed E-state index contributed by atoms with van der Waals surface area (Å²) in [6, 6.07) is 1.98. The number of hydrogen-bond donors (Lipinski definition) is 0. The second-order valence-corrected chi connectivity index (χ2v) is 4.35. The van der Waals surface area contributed by atoms with Crippen LogP contribution >= 0.6 is 0 Å². The summed E-state index contributed by atoms with van der Waals surface area (Å²) in [4.78, 5) is 4.29. The first kappa shape index (κ1) is 11.5. The number of ether oxygens (including phenoxy) is 1. The Hall–Kier alpha value is -1.57. The largest absolute Gasteiger partial charge is 0.463 e. The minimum Gasteiger partial charge on any atom is -0.463 e. The van der Waals surface area contributed by atoms with Crippen LogP contribution < -0.4 is 4.74 Å². The summed E-state index contributed by atoms with van der Waals surface area (Å²) in [7, 11) is 0. The Labute approximate surface area is 91.3 Å². The molecule has 2 heteroatoms. The van der Waals surface area contributed by atoms with Crippen molar-refractivity contribution in [2.24, 2.45) is 0 Å². The molecule has 0 spiro atoms. The molecule has 0 bridgehead atoms. The summed E-state index contributed by atoms with van der Waals surface area (Å²) in [6.07, 6.45) is 4.93. The Bertz CT molecular complexity index is 375. The van der Waals surface area contributed by atoms with Crippen LogP contribution in [0.3, 0.4) is 0 Å². The molecule has 1 aromatic rings. The number of hydrogen-bond acceptors (Lipinski definition) is 2. The number of nitrogens with zero attached hydrogens (tertiary/aromatic N) is 1. The topological polar surface area (TPSA) is 22.1 Å². The molecular weight excluding hydrogens is 186 g/mol. The molecule has 0 aliphatic carbocycles. The molecule has 0 fully saturated rings. The van der Waals surface area contributed by atoms with Crippen molar-refractivity contribution < 1.29 is 4.74 Å². The third kappa shape index (κ3) is 2.69. The molecular formula is C13H17NO. The van der Waals surface area contributed by atoms with E-state index >= 15 is 0 Å². The molecule has 1 aromatic heterocycles. The lowest BCUT2D eigenvalue weighted by molar-refractivity contribution is 0.474. The average Bonchev–Trinajstić information content (AvgIpc) is 2.17. The van der Waals surface area contributed by atoms with Crippen LogP contribution in [0, 0.1) is 0 Å². The first-order chi connectivity index (χ1) is 6.99. The normalized spacial score (nSPS) is 10.9. The third-order valence-electron chi connectivity index (χ3n) is 2.15. The van der Waals surface area contributed by atoms with Gasteiger partial charge in [0.15, 0.2) is 5.75 Å². The molecule has 0 atom stereocenters. The lowest BCUT2D eigenvalue weighted by atomic mass is 9.88. The quantitative estimate of drug-likeness (QED) is 0.701. The van der Waals surface area contributed by atoms with Crippen LogP contribution in [0.5, 0.6) is 5.75 Å². The van der Waals surface area contributed by atoms with Crippen LogP contribution in [0.25, 0.3) is 6.08 Å². The summed E-state index contributed by atoms with van der Waals surface area (Å²) in [5.41, 5.74) is 1.93. The minimum absolute atomic E-state index is 0.0615. The molecule has 0 N–H and O–H groups in total. The fourth-order valence-corrected chi connectivity index (χ4v) is 1.20. The Morgan fingerprint density at radius 1 is 1.33 bits per heavy atom. The zero-order valence-electron chi connectivity index (χ0n) is 9.58. The second-order valence-electron chi connectivity index (χ2n) is 4.35. The van der Waals surface area contributed by atoms with Crippen molar-refractivity contribution in [2.45, 2.75) is 26.2 Å². The zero-order valence-corrected chi connectivity index (χ0v) is 9.58. The molecule has 2 nitrogen and oxygen atoms in total. The molecule has 15 heavy (non-hydrogen) atoms. The van der Waals surface area contributed by atoms with E-state index in [0.29, 0.717) is 5.75 Å². The Morgan fingerprint density at radius 2 is 2.00 bits per heavy atom. The molecule has 0 amide bonds. The highest BCUT2D eigenvalue weighted by Gasteiger charge is 2.16. The van der Waals surface area contributed by atoms with Crippen LogP contribution in [0.4, 0.5) is 0 Å². The lowest BCUT2D eigenvalue weighted by Crippen LogP contribution is -2.11. The molecule has 0 radical (unpaired) electrons. The van der Waals surface area contributed by atoms with E-state index in [4.69, 9.17) is 4.74 Å². The summed E-state index contributed by atoms with van der Waals surface area (Å²) in [5, 5.41) is 0. The van der Waals surface area contributed by atoms with Crippen molar-refractivity contribution >= 4 is 6.08 Å². The van der Waals surface area contributed by atoms with Gasteiger partial charge in [0.1, 0.15) is 5.69 Å². The predicted octanol–water partition coefficient (Wildman–Crippen LogP) is 3.54. The van der Waals surface area contributed by atoms with Crippen molar-refractivity contribution in [2.75, 3.05) is 0 Å². The standard InChI is InChI=1S/C13H17NO/c1-6-11-12(15-7-2)8-10(9-14-11)13(3,4)5/h6-9H,1-2H2,3-5H3. The molecule has 0 saturated carbocycles. The average molecular weight is 203 g/mol. The van der Waals surface area contributed by atoms with Gasteiger partial charge in [0.2, 0.25) is 0 Å². The van der Waals surface area contributed by atoms with Gasteiger partial charge in [-0.25, -0.2) is 0 Å². The van der Waals surface area contributed by atoms with E-state index in [0.717, 1.165) is 11.3 Å². The van der Waals surface area contributed by atoms with Gasteiger partial charge < -0.3 is 4.74 Å². The van der Waals surface area contributed by atoms with Crippen molar-refractivity contribution in [3.8, 4) is 5.75 Å². The van der Waals surface area contributed by atoms with Crippen LogP contribution in [-0.2, 0) is 5.41 Å². The molecule has 0 aliphatic rings. The monoisotopic (exact) mass is 203 g/mol. The van der Waals surface area contributed by atoms with E-state index in [9.17, 15) is 0 Å². The van der Waals surface area contributed by atoms with E-state index < -0.39 is 0 Å². The van der Waals surface area contributed by atoms with Crippen LogP contribution in [-0.4, -0.2) is 4.98 Å². The fraction of sp³-hybridized carbons (Fsp3) is 0.308. The van der Waals surface area contributed by atoms with E-state index in [-0.39, 0.29) is 5.41 Å². The van der Waals surface area contributed by atoms with Crippen molar-refractivity contribution in [3.63, 3.8) is 0 Å². The van der Waals surface area contributed by atoms with Gasteiger partial charge in [0.25, 0.3) is 0 Å². The van der Waals surface area contributed by atoms with Crippen molar-refractivity contribution in [1.29, 1.82) is 0 Å². The molecule has 0 saturated heterocycles. The van der Waals surface area contributed by atoms with Gasteiger partial charge in [-0.15, -0.1) is 0 Å². The van der Waals surface area contributed by atoms with E-state index in [2.05, 4.69) is 38.9 Å². The van der Waals surface area contributed by atoms with Gasteiger partial charge in [-0.1, -0.05) is 33.9 Å². The Kier molecular flexibility index (Phi) is 3.30. The summed E-state index contributed by atoms with van der Waals surface area (Å²) < 4.78 is 5.29. The molecule has 1 rings (SSSR count). The second kappa shape index (κ2) is 4.30. The zero-order chi connectivity index (χ0) is 11.5. The molecule has 80 valence electrons. The maximum absolute atomic E-state index is 5.29. The lowest BCUT2D eigenvalue weighted by Gasteiger charge is -2.19. The molecule has 0 aromatic carbocycles. The maximum atomic E-state index is 5.29. The van der Waals surface area contributed by atoms with Gasteiger partial charge in [-0.2, -0.15) is 0 Å². The van der Waals surface area contributed by atoms with Crippen LogP contribution in [0.2, 0.25) is 0 Å². The van der Waals surface area contributed by atoms with Crippen molar-refractivity contribution in [1.82, 2.24) is 4.98 Å². The van der Waals surface area contributed by atoms with Crippen LogP contribution in [0.15, 0.2) is 31.7 Å². The van der Waals surface area contributed by atoms with Gasteiger partial charge in [0.05, 0.1) is 6.26 Å². The molecule has 0 aliphatic heterocycles. The highest BCUT2D eigenvalue weighted by atomic mass is 16.5. The maximum Gasteiger partial charge on any atom is 0.152 e. The molecule has 1 heterocycles. The van der Waals surface area contributed by atoms with E-state index in [1.54, 1.807) is 6.08 Å². The fourth-order valence-electron chi connectivity index (χ4n) is 1.20. The third-order valence-corrected chi connectivity index (χ3v) is 2.15. The highest BCUT2D eigenvalue weighted by molar-refractivity contribution is 5.52. The van der Waals surface area contributed by atoms with E-state index in [1.165, 1.54) is 6.26 Å². The van der Waals surface area contributed by atoms with Gasteiger partial charge in [0, 0.05) is 6.20 Å². The van der Waals surface area contributed by atoms with Gasteiger partial charge >= 0.3 is 0 Å². The SMILES string of the molecule is C=COc1cc(C(C)(C)C)cnc1C=C. The number of rotatable bonds is 3. The van der Waals surface area contributed by atoms with E-state index in [1.807, 2.05) is 12.3 Å². The van der Waals surface area contributed by atoms with Crippen molar-refractivity contribution in [3.05, 3.63) is 42.9 Å². The highest BCUT2D eigenvalue weighted by Crippen LogP contribution is 2.27. The number of pyridine rings is 1. The Balaban J connectivity index is 3.21. The first-order valence-electron chi connectivity index (χ1n) is 4.89.